The summed E-state index contributed by atoms with van der Waals surface area (Å²) in [6.45, 7) is 4.85. The van der Waals surface area contributed by atoms with Crippen molar-refractivity contribution in [1.29, 1.82) is 0 Å². The van der Waals surface area contributed by atoms with Gasteiger partial charge >= 0.3 is 0 Å². The van der Waals surface area contributed by atoms with Gasteiger partial charge in [0.2, 0.25) is 0 Å². The number of nitrogens with one attached hydrogen (secondary N) is 1. The molecule has 0 saturated carbocycles. The second-order valence-electron chi connectivity index (χ2n) is 3.23. The predicted molar refractivity (Wildman–Crippen MR) is 57.8 cm³/mol. The van der Waals surface area contributed by atoms with Crippen LogP contribution in [0, 0.1) is 12.3 Å². The van der Waals surface area contributed by atoms with E-state index >= 15 is 0 Å². The van der Waals surface area contributed by atoms with Gasteiger partial charge in [0.25, 0.3) is 0 Å². The van der Waals surface area contributed by atoms with E-state index in [4.69, 9.17) is 10.8 Å². The summed E-state index contributed by atoms with van der Waals surface area (Å²) in [5, 5.41) is 3.24. The molecule has 0 bridgehead atoms. The highest BCUT2D eigenvalue weighted by atomic mass is 16.3. The van der Waals surface area contributed by atoms with E-state index in [1.165, 1.54) is 0 Å². The van der Waals surface area contributed by atoms with Crippen molar-refractivity contribution in [3.63, 3.8) is 0 Å². The van der Waals surface area contributed by atoms with E-state index < -0.39 is 0 Å². The van der Waals surface area contributed by atoms with Crippen molar-refractivity contribution in [1.82, 2.24) is 5.32 Å². The topological polar surface area (TPSA) is 25.2 Å². The van der Waals surface area contributed by atoms with Crippen LogP contribution < -0.4 is 5.32 Å². The molecular formula is C12H17NO. The fourth-order valence-corrected chi connectivity index (χ4v) is 1.25. The normalized spacial score (nSPS) is 12.4. The van der Waals surface area contributed by atoms with Gasteiger partial charge < -0.3 is 4.42 Å². The van der Waals surface area contributed by atoms with Gasteiger partial charge in [-0.15, -0.1) is 6.42 Å². The highest BCUT2D eigenvalue weighted by Gasteiger charge is 2.03. The zero-order chi connectivity index (χ0) is 10.4. The Morgan fingerprint density at radius 1 is 1.43 bits per heavy atom. The lowest BCUT2D eigenvalue weighted by Gasteiger charge is -2.08. The fraction of sp³-hybridized carbons (Fsp3) is 0.500. The fourth-order valence-electron chi connectivity index (χ4n) is 1.25. The molecule has 1 heterocycles. The Bertz CT molecular complexity index is 308. The van der Waals surface area contributed by atoms with Gasteiger partial charge in [-0.1, -0.05) is 19.8 Å². The summed E-state index contributed by atoms with van der Waals surface area (Å²) < 4.78 is 5.54. The van der Waals surface area contributed by atoms with Crippen LogP contribution in [0.4, 0.5) is 0 Å². The van der Waals surface area contributed by atoms with Crippen LogP contribution in [0.25, 0.3) is 0 Å². The maximum absolute atomic E-state index is 5.54. The van der Waals surface area contributed by atoms with Crippen LogP contribution >= 0.6 is 0 Å². The molecule has 0 aliphatic carbocycles. The first-order chi connectivity index (χ1) is 6.80. The van der Waals surface area contributed by atoms with Gasteiger partial charge in [0.05, 0.1) is 12.6 Å². The Hall–Kier alpha value is -1.20. The molecule has 14 heavy (non-hydrogen) atoms. The summed E-state index contributed by atoms with van der Waals surface area (Å²) in [6, 6.07) is 4.15. The van der Waals surface area contributed by atoms with E-state index in [1.807, 2.05) is 12.1 Å². The first-order valence-corrected chi connectivity index (χ1v) is 5.07. The second-order valence-corrected chi connectivity index (χ2v) is 3.23. The summed E-state index contributed by atoms with van der Waals surface area (Å²) in [4.78, 5) is 0. The summed E-state index contributed by atoms with van der Waals surface area (Å²) in [6.07, 6.45) is 7.21. The van der Waals surface area contributed by atoms with Crippen molar-refractivity contribution in [3.8, 4) is 12.3 Å². The maximum atomic E-state index is 5.54. The van der Waals surface area contributed by atoms with Crippen LogP contribution in [0.3, 0.4) is 0 Å². The largest absolute Gasteiger partial charge is 0.465 e. The minimum Gasteiger partial charge on any atom is -0.465 e. The summed E-state index contributed by atoms with van der Waals surface area (Å²) in [5.74, 6) is 4.67. The van der Waals surface area contributed by atoms with Crippen molar-refractivity contribution < 1.29 is 4.42 Å². The molecule has 0 radical (unpaired) electrons. The lowest BCUT2D eigenvalue weighted by molar-refractivity contribution is 0.440. The molecule has 0 saturated heterocycles. The van der Waals surface area contributed by atoms with Crippen LogP contribution in [0.2, 0.25) is 0 Å². The Kier molecular flexibility index (Phi) is 4.28. The molecule has 76 valence electrons. The Balaban J connectivity index is 2.41. The van der Waals surface area contributed by atoms with Crippen molar-refractivity contribution in [2.45, 2.75) is 39.3 Å². The summed E-state index contributed by atoms with van der Waals surface area (Å²) in [7, 11) is 0. The van der Waals surface area contributed by atoms with E-state index in [2.05, 4.69) is 25.1 Å². The molecule has 1 rings (SSSR count). The van der Waals surface area contributed by atoms with Gasteiger partial charge in [0.1, 0.15) is 11.5 Å². The van der Waals surface area contributed by atoms with Crippen molar-refractivity contribution >= 4 is 0 Å². The van der Waals surface area contributed by atoms with Crippen molar-refractivity contribution in [3.05, 3.63) is 23.7 Å². The van der Waals surface area contributed by atoms with E-state index in [0.29, 0.717) is 6.54 Å². The molecule has 0 aromatic carbocycles. The molecule has 1 aromatic heterocycles. The monoisotopic (exact) mass is 191 g/mol. The lowest BCUT2D eigenvalue weighted by Crippen LogP contribution is -2.25. The second kappa shape index (κ2) is 5.51. The molecule has 1 N–H and O–H groups in total. The predicted octanol–water partition coefficient (Wildman–Crippen LogP) is 2.34. The zero-order valence-corrected chi connectivity index (χ0v) is 8.84. The Morgan fingerprint density at radius 2 is 2.14 bits per heavy atom. The lowest BCUT2D eigenvalue weighted by atomic mass is 10.2. The van der Waals surface area contributed by atoms with E-state index in [9.17, 15) is 0 Å². The molecule has 0 aliphatic heterocycles. The van der Waals surface area contributed by atoms with Crippen LogP contribution in [0.1, 0.15) is 31.8 Å². The minimum atomic E-state index is 0.144. The smallest absolute Gasteiger partial charge is 0.117 e. The summed E-state index contributed by atoms with van der Waals surface area (Å²) in [5.41, 5.74) is 0. The Morgan fingerprint density at radius 3 is 2.64 bits per heavy atom. The average Bonchev–Trinajstić information content (AvgIpc) is 2.67. The quantitative estimate of drug-likeness (QED) is 0.723. The molecule has 2 heteroatoms. The molecule has 1 aromatic rings. The van der Waals surface area contributed by atoms with Gasteiger partial charge in [0.15, 0.2) is 0 Å². The number of furan rings is 1. The van der Waals surface area contributed by atoms with Gasteiger partial charge in [-0.05, 0) is 18.6 Å². The molecule has 1 unspecified atom stereocenters. The first-order valence-electron chi connectivity index (χ1n) is 5.07. The highest BCUT2D eigenvalue weighted by molar-refractivity contribution is 5.08. The molecule has 0 spiro atoms. The summed E-state index contributed by atoms with van der Waals surface area (Å²) >= 11 is 0. The van der Waals surface area contributed by atoms with Crippen LogP contribution in [-0.4, -0.2) is 6.04 Å². The van der Waals surface area contributed by atoms with Gasteiger partial charge in [-0.3, -0.25) is 5.32 Å². The van der Waals surface area contributed by atoms with Crippen molar-refractivity contribution in [2.75, 3.05) is 0 Å². The van der Waals surface area contributed by atoms with Crippen LogP contribution in [0.5, 0.6) is 0 Å². The molecule has 0 fully saturated rings. The third kappa shape index (κ3) is 2.93. The zero-order valence-electron chi connectivity index (χ0n) is 8.84. The van der Waals surface area contributed by atoms with Crippen LogP contribution in [-0.2, 0) is 13.0 Å². The van der Waals surface area contributed by atoms with Gasteiger partial charge in [-0.2, -0.15) is 0 Å². The number of hydrogen-bond acceptors (Lipinski definition) is 2. The van der Waals surface area contributed by atoms with E-state index in [-0.39, 0.29) is 6.04 Å². The first kappa shape index (κ1) is 10.9. The van der Waals surface area contributed by atoms with E-state index in [1.54, 1.807) is 0 Å². The van der Waals surface area contributed by atoms with Gasteiger partial charge in [-0.25, -0.2) is 0 Å². The highest BCUT2D eigenvalue weighted by Crippen LogP contribution is 2.08. The molecular weight excluding hydrogens is 174 g/mol. The molecule has 0 amide bonds. The van der Waals surface area contributed by atoms with Gasteiger partial charge in [0, 0.05) is 6.42 Å². The van der Waals surface area contributed by atoms with Crippen LogP contribution in [0.15, 0.2) is 16.5 Å². The standard InChI is InChI=1S/C12H17NO/c1-4-10(5-2)13-9-12-8-7-11(6-3)14-12/h1,7-8,10,13H,5-6,9H2,2-3H3. The molecule has 0 aliphatic rings. The maximum Gasteiger partial charge on any atom is 0.117 e. The number of terminal acetylenes is 1. The average molecular weight is 191 g/mol. The number of hydrogen-bond donors (Lipinski definition) is 1. The van der Waals surface area contributed by atoms with Crippen molar-refractivity contribution in [2.24, 2.45) is 0 Å². The SMILES string of the molecule is C#CC(CC)NCc1ccc(CC)o1. The third-order valence-electron chi connectivity index (χ3n) is 2.20. The third-order valence-corrected chi connectivity index (χ3v) is 2.20. The minimum absolute atomic E-state index is 0.144. The number of aryl methyl sites for hydroxylation is 1. The Labute approximate surface area is 85.7 Å². The number of rotatable bonds is 5. The van der Waals surface area contributed by atoms with E-state index in [0.717, 1.165) is 24.4 Å². The molecule has 2 nitrogen and oxygen atoms in total. The molecule has 1 atom stereocenters.